The van der Waals surface area contributed by atoms with Gasteiger partial charge in [0.05, 0.1) is 30.5 Å². The topological polar surface area (TPSA) is 61.5 Å². The molecule has 2 N–H and O–H groups in total. The van der Waals surface area contributed by atoms with E-state index in [2.05, 4.69) is 101 Å². The van der Waals surface area contributed by atoms with E-state index < -0.39 is 11.6 Å². The summed E-state index contributed by atoms with van der Waals surface area (Å²) in [7, 11) is 0. The Hall–Kier alpha value is -3.51. The lowest BCUT2D eigenvalue weighted by atomic mass is 9.74. The van der Waals surface area contributed by atoms with Crippen LogP contribution in [0.15, 0.2) is 109 Å². The van der Waals surface area contributed by atoms with Crippen LogP contribution in [0.3, 0.4) is 0 Å². The summed E-state index contributed by atoms with van der Waals surface area (Å²) < 4.78 is 1.72. The van der Waals surface area contributed by atoms with Crippen LogP contribution in [0.1, 0.15) is 28.8 Å². The van der Waals surface area contributed by atoms with Crippen LogP contribution in [-0.2, 0) is 12.1 Å². The summed E-state index contributed by atoms with van der Waals surface area (Å²) in [4.78, 5) is 2.48. The molecule has 5 rings (SSSR count). The molecular weight excluding hydrogens is 434 g/mol. The zero-order valence-corrected chi connectivity index (χ0v) is 19.7. The minimum Gasteiger partial charge on any atom is -0.394 e. The maximum atomic E-state index is 11.0. The number of hydrogen-bond donors (Lipinski definition) is 2. The molecule has 1 unspecified atom stereocenters. The Morgan fingerprint density at radius 1 is 0.829 bits per heavy atom. The van der Waals surface area contributed by atoms with Crippen molar-refractivity contribution in [2.75, 3.05) is 19.7 Å². The summed E-state index contributed by atoms with van der Waals surface area (Å²) in [5, 5.41) is 24.7. The molecule has 2 heterocycles. The second-order valence-electron chi connectivity index (χ2n) is 8.98. The van der Waals surface area contributed by atoms with E-state index >= 15 is 0 Å². The van der Waals surface area contributed by atoms with Gasteiger partial charge in [-0.1, -0.05) is 91.0 Å². The van der Waals surface area contributed by atoms with Gasteiger partial charge in [0, 0.05) is 19.3 Å². The first-order valence-corrected chi connectivity index (χ1v) is 12.2. The lowest BCUT2D eigenvalue weighted by Crippen LogP contribution is -2.52. The molecule has 1 atom stereocenters. The Balaban J connectivity index is 1.64. The molecule has 0 radical (unpaired) electrons. The van der Waals surface area contributed by atoms with Crippen molar-refractivity contribution in [1.82, 2.24) is 14.7 Å². The highest BCUT2D eigenvalue weighted by atomic mass is 16.3. The predicted octanol–water partition coefficient (Wildman–Crippen LogP) is 4.32. The quantitative estimate of drug-likeness (QED) is 0.399. The molecule has 0 spiro atoms. The van der Waals surface area contributed by atoms with E-state index in [4.69, 9.17) is 0 Å². The van der Waals surface area contributed by atoms with Gasteiger partial charge in [-0.25, -0.2) is 0 Å². The van der Waals surface area contributed by atoms with E-state index in [1.54, 1.807) is 4.68 Å². The number of benzene rings is 3. The molecule has 0 aliphatic carbocycles. The molecule has 0 saturated carbocycles. The first kappa shape index (κ1) is 23.2. The average molecular weight is 466 g/mol. The standard InChI is InChI=1S/C30H31N3O2/c34-21-20-33-19-16-28(31-33)22-24-23-32(18-17-29(24)35)30(25-10-4-1-5-11-25,26-12-6-2-7-13-26)27-14-8-3-9-15-27/h1-16,19,22,29,34-35H,17-18,20-21,23H2. The van der Waals surface area contributed by atoms with E-state index in [0.717, 1.165) is 17.8 Å². The van der Waals surface area contributed by atoms with Gasteiger partial charge in [0.15, 0.2) is 0 Å². The normalized spacial score (nSPS) is 18.1. The van der Waals surface area contributed by atoms with Gasteiger partial charge >= 0.3 is 0 Å². The third kappa shape index (κ3) is 4.58. The first-order valence-electron chi connectivity index (χ1n) is 12.2. The summed E-state index contributed by atoms with van der Waals surface area (Å²) in [6.07, 6.45) is 3.97. The molecule has 1 aliphatic heterocycles. The van der Waals surface area contributed by atoms with Crippen LogP contribution in [0.5, 0.6) is 0 Å². The third-order valence-corrected chi connectivity index (χ3v) is 6.85. The lowest BCUT2D eigenvalue weighted by Gasteiger charge is -2.48. The first-order chi connectivity index (χ1) is 17.2. The zero-order valence-electron chi connectivity index (χ0n) is 19.7. The number of hydrogen-bond acceptors (Lipinski definition) is 4. The fourth-order valence-electron chi connectivity index (χ4n) is 5.25. The van der Waals surface area contributed by atoms with Crippen molar-refractivity contribution in [3.8, 4) is 0 Å². The van der Waals surface area contributed by atoms with Crippen molar-refractivity contribution in [2.45, 2.75) is 24.6 Å². The molecule has 5 heteroatoms. The fraction of sp³-hybridized carbons (Fsp3) is 0.233. The third-order valence-electron chi connectivity index (χ3n) is 6.85. The van der Waals surface area contributed by atoms with Gasteiger partial charge in [0.25, 0.3) is 0 Å². The number of aliphatic hydroxyl groups excluding tert-OH is 2. The van der Waals surface area contributed by atoms with Crippen LogP contribution in [0, 0.1) is 0 Å². The van der Waals surface area contributed by atoms with Crippen molar-refractivity contribution >= 4 is 6.08 Å². The number of rotatable bonds is 7. The molecule has 1 fully saturated rings. The van der Waals surface area contributed by atoms with Gasteiger partial charge in [-0.15, -0.1) is 0 Å². The molecule has 1 saturated heterocycles. The summed E-state index contributed by atoms with van der Waals surface area (Å²) in [6, 6.07) is 33.9. The minimum absolute atomic E-state index is 0.0435. The summed E-state index contributed by atoms with van der Waals surface area (Å²) in [6.45, 7) is 1.85. The van der Waals surface area contributed by atoms with Gasteiger partial charge < -0.3 is 10.2 Å². The fourth-order valence-corrected chi connectivity index (χ4v) is 5.25. The Morgan fingerprint density at radius 2 is 1.37 bits per heavy atom. The smallest absolute Gasteiger partial charge is 0.0975 e. The minimum atomic E-state index is -0.519. The van der Waals surface area contributed by atoms with Crippen molar-refractivity contribution in [1.29, 1.82) is 0 Å². The molecule has 178 valence electrons. The number of aliphatic hydroxyl groups is 2. The predicted molar refractivity (Wildman–Crippen MR) is 139 cm³/mol. The second-order valence-corrected chi connectivity index (χ2v) is 8.98. The number of piperidine rings is 1. The van der Waals surface area contributed by atoms with Crippen LogP contribution >= 0.6 is 0 Å². The Labute approximate surface area is 206 Å². The average Bonchev–Trinajstić information content (AvgIpc) is 3.35. The summed E-state index contributed by atoms with van der Waals surface area (Å²) in [5.74, 6) is 0. The van der Waals surface area contributed by atoms with Gasteiger partial charge in [-0.2, -0.15) is 5.10 Å². The van der Waals surface area contributed by atoms with Crippen LogP contribution in [0.2, 0.25) is 0 Å². The van der Waals surface area contributed by atoms with Gasteiger partial charge in [-0.05, 0) is 40.8 Å². The van der Waals surface area contributed by atoms with E-state index in [1.807, 2.05) is 18.3 Å². The molecule has 0 bridgehead atoms. The molecule has 35 heavy (non-hydrogen) atoms. The van der Waals surface area contributed by atoms with Crippen LogP contribution < -0.4 is 0 Å². The lowest BCUT2D eigenvalue weighted by molar-refractivity contribution is 0.0871. The van der Waals surface area contributed by atoms with Crippen LogP contribution in [0.4, 0.5) is 0 Å². The van der Waals surface area contributed by atoms with Crippen LogP contribution in [-0.4, -0.2) is 50.7 Å². The number of likely N-dealkylation sites (tertiary alicyclic amines) is 1. The highest BCUT2D eigenvalue weighted by Crippen LogP contribution is 2.44. The highest BCUT2D eigenvalue weighted by molar-refractivity contribution is 5.53. The van der Waals surface area contributed by atoms with E-state index in [-0.39, 0.29) is 6.61 Å². The molecule has 1 aliphatic rings. The monoisotopic (exact) mass is 465 g/mol. The van der Waals surface area contributed by atoms with Crippen LogP contribution in [0.25, 0.3) is 6.08 Å². The Kier molecular flexibility index (Phi) is 6.91. The van der Waals surface area contributed by atoms with Crippen molar-refractivity contribution < 1.29 is 10.2 Å². The Morgan fingerprint density at radius 3 is 1.89 bits per heavy atom. The largest absolute Gasteiger partial charge is 0.394 e. The molecule has 0 amide bonds. The Bertz CT molecular complexity index is 1160. The highest BCUT2D eigenvalue weighted by Gasteiger charge is 2.44. The van der Waals surface area contributed by atoms with Crippen molar-refractivity contribution in [2.24, 2.45) is 0 Å². The number of aromatic nitrogens is 2. The van der Waals surface area contributed by atoms with E-state index in [9.17, 15) is 10.2 Å². The summed E-state index contributed by atoms with van der Waals surface area (Å²) in [5.41, 5.74) is 4.80. The molecule has 4 aromatic rings. The SMILES string of the molecule is OCCn1ccc(C=C2CN(C(c3ccccc3)(c3ccccc3)c3ccccc3)CCC2O)n1. The van der Waals surface area contributed by atoms with Gasteiger partial charge in [0.2, 0.25) is 0 Å². The maximum Gasteiger partial charge on any atom is 0.0975 e. The molecule has 5 nitrogen and oxygen atoms in total. The molecule has 1 aromatic heterocycles. The van der Waals surface area contributed by atoms with Crippen molar-refractivity contribution in [3.63, 3.8) is 0 Å². The van der Waals surface area contributed by atoms with Gasteiger partial charge in [-0.3, -0.25) is 9.58 Å². The number of nitrogens with zero attached hydrogens (tertiary/aromatic N) is 3. The zero-order chi connectivity index (χ0) is 24.1. The molecular formula is C30H31N3O2. The van der Waals surface area contributed by atoms with Crippen molar-refractivity contribution in [3.05, 3.63) is 131 Å². The van der Waals surface area contributed by atoms with E-state index in [0.29, 0.717) is 19.5 Å². The second kappa shape index (κ2) is 10.4. The van der Waals surface area contributed by atoms with Gasteiger partial charge in [0.1, 0.15) is 0 Å². The summed E-state index contributed by atoms with van der Waals surface area (Å²) >= 11 is 0. The molecule has 3 aromatic carbocycles. The van der Waals surface area contributed by atoms with E-state index in [1.165, 1.54) is 16.7 Å². The maximum absolute atomic E-state index is 11.0.